The summed E-state index contributed by atoms with van der Waals surface area (Å²) in [5, 5.41) is 0. The third-order valence-corrected chi connectivity index (χ3v) is 6.29. The van der Waals surface area contributed by atoms with Crippen molar-refractivity contribution in [1.82, 2.24) is 19.9 Å². The molecule has 7 nitrogen and oxygen atoms in total. The molecule has 3 aromatic rings. The van der Waals surface area contributed by atoms with Crippen LogP contribution in [0.3, 0.4) is 0 Å². The van der Waals surface area contributed by atoms with E-state index in [9.17, 15) is 4.79 Å². The minimum atomic E-state index is -0.236. The number of carbonyl (C=O) groups excluding carboxylic acids is 1. The Balaban J connectivity index is 1.48. The molecule has 0 spiro atoms. The van der Waals surface area contributed by atoms with E-state index in [2.05, 4.69) is 19.9 Å². The fourth-order valence-corrected chi connectivity index (χ4v) is 4.63. The number of nitrogens with one attached hydrogen (secondary N) is 1. The third kappa shape index (κ3) is 3.76. The van der Waals surface area contributed by atoms with Crippen LogP contribution in [-0.4, -0.2) is 52.5 Å². The van der Waals surface area contributed by atoms with E-state index in [0.29, 0.717) is 12.1 Å². The van der Waals surface area contributed by atoms with Crippen molar-refractivity contribution in [3.63, 3.8) is 0 Å². The zero-order chi connectivity index (χ0) is 21.2. The molecular formula is C24H27N5O2. The number of methoxy groups -OCH3 is 1. The normalized spacial score (nSPS) is 18.5. The second-order valence-electron chi connectivity index (χ2n) is 8.14. The van der Waals surface area contributed by atoms with Crippen molar-refractivity contribution >= 4 is 11.7 Å². The van der Waals surface area contributed by atoms with E-state index in [0.717, 1.165) is 48.0 Å². The first-order chi connectivity index (χ1) is 15.2. The zero-order valence-electron chi connectivity index (χ0n) is 17.8. The van der Waals surface area contributed by atoms with Crippen molar-refractivity contribution in [3.8, 4) is 5.75 Å². The summed E-state index contributed by atoms with van der Waals surface area (Å²) >= 11 is 0. The molecule has 7 heteroatoms. The molecule has 0 bridgehead atoms. The Bertz CT molecular complexity index is 1060. The van der Waals surface area contributed by atoms with E-state index in [1.807, 2.05) is 41.3 Å². The Labute approximate surface area is 182 Å². The van der Waals surface area contributed by atoms with Gasteiger partial charge < -0.3 is 19.5 Å². The maximum absolute atomic E-state index is 13.7. The molecule has 4 heterocycles. The average Bonchev–Trinajstić information content (AvgIpc) is 3.33. The van der Waals surface area contributed by atoms with E-state index < -0.39 is 0 Å². The molecule has 1 fully saturated rings. The van der Waals surface area contributed by atoms with Crippen molar-refractivity contribution in [2.45, 2.75) is 31.7 Å². The predicted octanol–water partition coefficient (Wildman–Crippen LogP) is 3.59. The van der Waals surface area contributed by atoms with Crippen LogP contribution in [0.15, 0.2) is 48.9 Å². The summed E-state index contributed by atoms with van der Waals surface area (Å²) in [7, 11) is 1.65. The monoisotopic (exact) mass is 417 g/mol. The molecule has 2 aliphatic rings. The smallest absolute Gasteiger partial charge is 0.254 e. The lowest BCUT2D eigenvalue weighted by Crippen LogP contribution is -2.41. The largest absolute Gasteiger partial charge is 0.497 e. The van der Waals surface area contributed by atoms with Gasteiger partial charge in [-0.15, -0.1) is 0 Å². The molecule has 0 saturated carbocycles. The molecule has 1 atom stereocenters. The van der Waals surface area contributed by atoms with Gasteiger partial charge in [0.2, 0.25) is 0 Å². The SMILES string of the molecule is COc1ccc([C@@H]2c3nc[nH]c3CCN2C(=O)c2ccnc(N3CCCCC3)c2)cc1. The highest BCUT2D eigenvalue weighted by molar-refractivity contribution is 5.95. The highest BCUT2D eigenvalue weighted by Crippen LogP contribution is 2.35. The lowest BCUT2D eigenvalue weighted by molar-refractivity contribution is 0.0690. The molecule has 1 saturated heterocycles. The second kappa shape index (κ2) is 8.41. The number of amides is 1. The van der Waals surface area contributed by atoms with Gasteiger partial charge in [-0.2, -0.15) is 0 Å². The van der Waals surface area contributed by atoms with Gasteiger partial charge in [-0.3, -0.25) is 4.79 Å². The number of anilines is 1. The van der Waals surface area contributed by atoms with Gasteiger partial charge in [0.1, 0.15) is 17.6 Å². The van der Waals surface area contributed by atoms with Gasteiger partial charge in [0.15, 0.2) is 0 Å². The molecule has 0 aliphatic carbocycles. The highest BCUT2D eigenvalue weighted by Gasteiger charge is 2.34. The van der Waals surface area contributed by atoms with Gasteiger partial charge in [-0.05, 0) is 49.1 Å². The summed E-state index contributed by atoms with van der Waals surface area (Å²) in [6.07, 6.45) is 7.84. The number of hydrogen-bond donors (Lipinski definition) is 1. The van der Waals surface area contributed by atoms with Gasteiger partial charge >= 0.3 is 0 Å². The van der Waals surface area contributed by atoms with Gasteiger partial charge in [-0.1, -0.05) is 12.1 Å². The lowest BCUT2D eigenvalue weighted by atomic mass is 9.94. The van der Waals surface area contributed by atoms with Gasteiger partial charge in [-0.25, -0.2) is 9.97 Å². The van der Waals surface area contributed by atoms with Crippen LogP contribution in [0.5, 0.6) is 5.75 Å². The molecule has 0 radical (unpaired) electrons. The topological polar surface area (TPSA) is 74.3 Å². The molecule has 160 valence electrons. The van der Waals surface area contributed by atoms with Crippen LogP contribution in [0.2, 0.25) is 0 Å². The Hall–Kier alpha value is -3.35. The average molecular weight is 418 g/mol. The molecule has 2 aliphatic heterocycles. The first-order valence-corrected chi connectivity index (χ1v) is 10.9. The highest BCUT2D eigenvalue weighted by atomic mass is 16.5. The first kappa shape index (κ1) is 19.6. The Morgan fingerprint density at radius 3 is 2.65 bits per heavy atom. The molecule has 0 unspecified atom stereocenters. The number of H-pyrrole nitrogens is 1. The number of imidazole rings is 1. The Morgan fingerprint density at radius 1 is 1.06 bits per heavy atom. The molecule has 31 heavy (non-hydrogen) atoms. The minimum absolute atomic E-state index is 0.00938. The van der Waals surface area contributed by atoms with Gasteiger partial charge in [0.25, 0.3) is 5.91 Å². The van der Waals surface area contributed by atoms with E-state index >= 15 is 0 Å². The van der Waals surface area contributed by atoms with Gasteiger partial charge in [0, 0.05) is 43.5 Å². The van der Waals surface area contributed by atoms with Crippen LogP contribution in [-0.2, 0) is 6.42 Å². The molecule has 5 rings (SSSR count). The Morgan fingerprint density at radius 2 is 1.87 bits per heavy atom. The standard InChI is InChI=1S/C24H27N5O2/c1-31-19-7-5-17(6-8-19)23-22-20(26-16-27-22)10-14-29(23)24(30)18-9-11-25-21(15-18)28-12-3-2-4-13-28/h5-9,11,15-16,23H,2-4,10,12-14H2,1H3,(H,26,27)/t23-/m1/s1. The van der Waals surface area contributed by atoms with E-state index in [1.54, 1.807) is 19.6 Å². The van der Waals surface area contributed by atoms with Crippen LogP contribution in [0.1, 0.15) is 52.6 Å². The lowest BCUT2D eigenvalue weighted by Gasteiger charge is -2.35. The number of rotatable bonds is 4. The number of hydrogen-bond acceptors (Lipinski definition) is 5. The second-order valence-corrected chi connectivity index (χ2v) is 8.14. The fraction of sp³-hybridized carbons (Fsp3) is 0.375. The number of ether oxygens (including phenoxy) is 1. The summed E-state index contributed by atoms with van der Waals surface area (Å²) < 4.78 is 5.31. The van der Waals surface area contributed by atoms with Crippen molar-refractivity contribution in [2.75, 3.05) is 31.6 Å². The van der Waals surface area contributed by atoms with Crippen LogP contribution < -0.4 is 9.64 Å². The number of carbonyl (C=O) groups is 1. The number of benzene rings is 1. The van der Waals surface area contributed by atoms with Crippen LogP contribution in [0.4, 0.5) is 5.82 Å². The van der Waals surface area contributed by atoms with E-state index in [-0.39, 0.29) is 11.9 Å². The summed E-state index contributed by atoms with van der Waals surface area (Å²) in [5.74, 6) is 1.69. The first-order valence-electron chi connectivity index (χ1n) is 10.9. The summed E-state index contributed by atoms with van der Waals surface area (Å²) in [6, 6.07) is 11.4. The van der Waals surface area contributed by atoms with Crippen LogP contribution >= 0.6 is 0 Å². The van der Waals surface area contributed by atoms with Crippen molar-refractivity contribution in [3.05, 3.63) is 71.4 Å². The number of nitrogens with zero attached hydrogens (tertiary/aromatic N) is 4. The maximum Gasteiger partial charge on any atom is 0.254 e. The van der Waals surface area contributed by atoms with Crippen LogP contribution in [0, 0.1) is 0 Å². The Kier molecular flexibility index (Phi) is 5.32. The predicted molar refractivity (Wildman–Crippen MR) is 118 cm³/mol. The molecule has 1 N–H and O–H groups in total. The molecule has 2 aromatic heterocycles. The van der Waals surface area contributed by atoms with Crippen molar-refractivity contribution < 1.29 is 9.53 Å². The number of aromatic amines is 1. The molecular weight excluding hydrogens is 390 g/mol. The quantitative estimate of drug-likeness (QED) is 0.702. The van der Waals surface area contributed by atoms with E-state index in [1.165, 1.54) is 19.3 Å². The maximum atomic E-state index is 13.7. The number of fused-ring (bicyclic) bond motifs is 1. The zero-order valence-corrected chi connectivity index (χ0v) is 17.8. The molecule has 1 aromatic carbocycles. The summed E-state index contributed by atoms with van der Waals surface area (Å²) in [5.41, 5.74) is 3.70. The van der Waals surface area contributed by atoms with Crippen molar-refractivity contribution in [1.29, 1.82) is 0 Å². The van der Waals surface area contributed by atoms with Gasteiger partial charge in [0.05, 0.1) is 19.1 Å². The summed E-state index contributed by atoms with van der Waals surface area (Å²) in [4.78, 5) is 30.3. The number of pyridine rings is 1. The molecule has 1 amide bonds. The van der Waals surface area contributed by atoms with E-state index in [4.69, 9.17) is 4.74 Å². The third-order valence-electron chi connectivity index (χ3n) is 6.29. The van der Waals surface area contributed by atoms with Crippen LogP contribution in [0.25, 0.3) is 0 Å². The minimum Gasteiger partial charge on any atom is -0.497 e. The number of aromatic nitrogens is 3. The number of piperidine rings is 1. The fourth-order valence-electron chi connectivity index (χ4n) is 4.63. The summed E-state index contributed by atoms with van der Waals surface area (Å²) in [6.45, 7) is 2.63. The van der Waals surface area contributed by atoms with Crippen molar-refractivity contribution in [2.24, 2.45) is 0 Å².